The molecule has 0 unspecified atom stereocenters. The molecular weight excluding hydrogens is 707 g/mol. The third-order valence-corrected chi connectivity index (χ3v) is 11.9. The van der Waals surface area contributed by atoms with Crippen molar-refractivity contribution in [2.24, 2.45) is 0 Å². The summed E-state index contributed by atoms with van der Waals surface area (Å²) in [6.07, 6.45) is 1.03. The fourth-order valence-electron chi connectivity index (χ4n) is 5.39. The van der Waals surface area contributed by atoms with Crippen LogP contribution >= 0.6 is 0 Å². The van der Waals surface area contributed by atoms with Crippen LogP contribution < -0.4 is 30.0 Å². The Morgan fingerprint density at radius 3 is 1.64 bits per heavy atom. The zero-order valence-corrected chi connectivity index (χ0v) is 34.8. The number of halogens is 2. The van der Waals surface area contributed by atoms with Gasteiger partial charge in [-0.3, -0.25) is 0 Å². The molecule has 0 saturated heterocycles. The zero-order chi connectivity index (χ0) is 33.0. The third kappa shape index (κ3) is 11.2. The van der Waals surface area contributed by atoms with Gasteiger partial charge in [0.15, 0.2) is 0 Å². The second kappa shape index (κ2) is 16.9. The van der Waals surface area contributed by atoms with Crippen LogP contribution in [0.3, 0.4) is 0 Å². The number of rotatable bonds is 3. The monoisotopic (exact) mass is 754 g/mol. The molecule has 0 amide bonds. The minimum atomic E-state index is -1.01. The normalized spacial score (nSPS) is 11.7. The zero-order valence-electron chi connectivity index (χ0n) is 29.9. The van der Waals surface area contributed by atoms with Crippen molar-refractivity contribution in [2.45, 2.75) is 85.4 Å². The summed E-state index contributed by atoms with van der Waals surface area (Å²) < 4.78 is 1.42. The molecule has 0 aromatic heterocycles. The first-order chi connectivity index (χ1) is 21.0. The summed E-state index contributed by atoms with van der Waals surface area (Å²) in [6.45, 7) is 22.9. The van der Waals surface area contributed by atoms with Gasteiger partial charge in [-0.25, -0.2) is 11.3 Å². The first kappa shape index (κ1) is 41.0. The van der Waals surface area contributed by atoms with Crippen molar-refractivity contribution >= 4 is 16.5 Å². The van der Waals surface area contributed by atoms with E-state index < -0.39 is 8.07 Å². The van der Waals surface area contributed by atoms with Crippen LogP contribution in [0.5, 0.6) is 0 Å². The van der Waals surface area contributed by atoms with Gasteiger partial charge in [0.25, 0.3) is 0 Å². The molecule has 0 N–H and O–H groups in total. The number of fused-ring (bicyclic) bond motifs is 3. The molecule has 0 atom stereocenters. The van der Waals surface area contributed by atoms with Gasteiger partial charge in [0.1, 0.15) is 0 Å². The van der Waals surface area contributed by atoms with Gasteiger partial charge in [0.05, 0.1) is 0 Å². The summed E-state index contributed by atoms with van der Waals surface area (Å²) >= 11 is 1.46. The minimum absolute atomic E-state index is 0. The molecule has 0 heterocycles. The van der Waals surface area contributed by atoms with Crippen LogP contribution in [0.1, 0.15) is 80.5 Å². The number of aryl methyl sites for hydroxylation is 1. The molecule has 0 nitrogen and oxygen atoms in total. The predicted molar refractivity (Wildman–Crippen MR) is 197 cm³/mol. The number of hydrogen-bond acceptors (Lipinski definition) is 0. The third-order valence-electron chi connectivity index (χ3n) is 8.43. The molecule has 0 radical (unpaired) electrons. The molecule has 0 fully saturated rings. The first-order valence-electron chi connectivity index (χ1n) is 16.2. The average Bonchev–Trinajstić information content (AvgIpc) is 3.60. The summed E-state index contributed by atoms with van der Waals surface area (Å²) in [6, 6.07) is 43.0. The Balaban J connectivity index is 0.000000258. The van der Waals surface area contributed by atoms with E-state index in [1.807, 2.05) is 0 Å². The van der Waals surface area contributed by atoms with Crippen molar-refractivity contribution in [2.75, 3.05) is 0 Å². The Morgan fingerprint density at radius 2 is 1.21 bits per heavy atom. The van der Waals surface area contributed by atoms with Crippen LogP contribution in [-0.2, 0) is 41.5 Å². The van der Waals surface area contributed by atoms with Crippen LogP contribution in [0.2, 0.25) is 19.6 Å². The maximum atomic E-state index is 3.53. The van der Waals surface area contributed by atoms with Gasteiger partial charge in [-0.05, 0) is 17.4 Å². The molecule has 0 saturated carbocycles. The average molecular weight is 757 g/mol. The molecule has 5 aromatic rings. The van der Waals surface area contributed by atoms with Crippen molar-refractivity contribution in [1.29, 1.82) is 0 Å². The topological polar surface area (TPSA) is 0 Å². The molecular formula is C43H50Cl2SiZr-2. The summed E-state index contributed by atoms with van der Waals surface area (Å²) in [5, 5.41) is 1.57. The fraction of sp³-hybridized carbons (Fsp3) is 0.302. The maximum absolute atomic E-state index is 3.53. The molecule has 47 heavy (non-hydrogen) atoms. The van der Waals surface area contributed by atoms with Gasteiger partial charge in [-0.15, -0.1) is 5.56 Å². The molecule has 0 spiro atoms. The number of benzene rings is 4. The molecule has 1 aliphatic rings. The summed E-state index contributed by atoms with van der Waals surface area (Å²) in [5.74, 6) is 0. The van der Waals surface area contributed by atoms with Gasteiger partial charge in [-0.2, -0.15) is 47.0 Å². The van der Waals surface area contributed by atoms with Crippen molar-refractivity contribution < 1.29 is 49.0 Å². The summed E-state index contributed by atoms with van der Waals surface area (Å²) in [7, 11) is -1.01. The Kier molecular flexibility index (Phi) is 14.8. The quantitative estimate of drug-likeness (QED) is 0.181. The van der Waals surface area contributed by atoms with Crippen LogP contribution in [0.15, 0.2) is 109 Å². The second-order valence-corrected chi connectivity index (χ2v) is 21.7. The Bertz CT molecular complexity index is 1630. The van der Waals surface area contributed by atoms with Gasteiger partial charge in [0.2, 0.25) is 0 Å². The van der Waals surface area contributed by atoms with Crippen LogP contribution in [0, 0.1) is 13.0 Å². The van der Waals surface area contributed by atoms with E-state index in [1.54, 1.807) is 5.19 Å². The first-order valence-corrected chi connectivity index (χ1v) is 20.9. The van der Waals surface area contributed by atoms with Crippen LogP contribution in [0.25, 0.3) is 11.1 Å². The Labute approximate surface area is 314 Å². The van der Waals surface area contributed by atoms with Crippen molar-refractivity contribution in [1.82, 2.24) is 0 Å². The molecule has 0 bridgehead atoms. The molecule has 6 rings (SSSR count). The van der Waals surface area contributed by atoms with E-state index in [1.165, 1.54) is 77.5 Å². The van der Waals surface area contributed by atoms with E-state index in [9.17, 15) is 0 Å². The molecule has 4 heteroatoms. The standard InChI is InChI=1S/C21H25.C13H10.C9H15Si.2ClH.Zr/c1-20(2,3)16-9-7-14-11-15-8-10-17(21(4,5)6)13-19(15)18(14)12-16;1-3-7-12(8-4-1)11-13-9-5-2-6-10-13;1-8-5-6-9(7-8)10(2,3)4;;;/h7,9-10,12-13H,11H2,1-6H3;1-10H;5-7H,1-4H3;2*1H;/q-1;;-1;;;+2/p-2. The molecule has 5 aromatic carbocycles. The van der Waals surface area contributed by atoms with E-state index in [0.717, 1.165) is 6.42 Å². The molecule has 246 valence electrons. The van der Waals surface area contributed by atoms with Gasteiger partial charge < -0.3 is 24.8 Å². The Hall–Kier alpha value is -2.22. The summed E-state index contributed by atoms with van der Waals surface area (Å²) in [5.41, 5.74) is 12.8. The summed E-state index contributed by atoms with van der Waals surface area (Å²) in [4.78, 5) is 0. The van der Waals surface area contributed by atoms with E-state index in [-0.39, 0.29) is 35.6 Å². The van der Waals surface area contributed by atoms with E-state index in [0.29, 0.717) is 0 Å². The van der Waals surface area contributed by atoms with Crippen LogP contribution in [-0.4, -0.2) is 11.3 Å². The second-order valence-electron chi connectivity index (χ2n) is 15.4. The number of hydrogen-bond donors (Lipinski definition) is 0. The SMILES string of the molecule is CC(C)(C)c1c[c-]c2c(c1)-c1cc(C(C)(C)C)ccc1C2.Cc1cc([Si](C)(C)C)c[cH-]1.[Cl-].[Cl-].[Zr+2]=[C](c1ccccc1)c1ccccc1. The van der Waals surface area contributed by atoms with Gasteiger partial charge >= 0.3 is 99.2 Å². The van der Waals surface area contributed by atoms with Crippen molar-refractivity contribution in [3.8, 4) is 11.1 Å². The molecule has 0 aliphatic heterocycles. The van der Waals surface area contributed by atoms with Crippen LogP contribution in [0.4, 0.5) is 0 Å². The van der Waals surface area contributed by atoms with E-state index in [4.69, 9.17) is 0 Å². The fourth-order valence-corrected chi connectivity index (χ4v) is 7.45. The van der Waals surface area contributed by atoms with E-state index in [2.05, 4.69) is 183 Å². The van der Waals surface area contributed by atoms with Gasteiger partial charge in [-0.1, -0.05) is 103 Å². The predicted octanol–water partition coefficient (Wildman–Crippen LogP) is 4.72. The van der Waals surface area contributed by atoms with Crippen molar-refractivity contribution in [3.05, 3.63) is 154 Å². The molecule has 1 aliphatic carbocycles. The Morgan fingerprint density at radius 1 is 0.702 bits per heavy atom. The van der Waals surface area contributed by atoms with E-state index >= 15 is 0 Å². The van der Waals surface area contributed by atoms with Gasteiger partial charge in [0, 0.05) is 8.07 Å². The van der Waals surface area contributed by atoms with Crippen molar-refractivity contribution in [3.63, 3.8) is 0 Å².